The van der Waals surface area contributed by atoms with E-state index in [4.69, 9.17) is 0 Å². The first-order chi connectivity index (χ1) is 9.87. The second-order valence-corrected chi connectivity index (χ2v) is 12.3. The Morgan fingerprint density at radius 2 is 1.52 bits per heavy atom. The monoisotopic (exact) mass is 298 g/mol. The van der Waals surface area contributed by atoms with Crippen molar-refractivity contribution >= 4 is 19.1 Å². The Bertz CT molecular complexity index is 616. The Morgan fingerprint density at radius 3 is 2.05 bits per heavy atom. The smallest absolute Gasteiger partial charge is 0.183 e. The van der Waals surface area contributed by atoms with Gasteiger partial charge in [0.1, 0.15) is 8.07 Å². The Kier molecular flexibility index (Phi) is 4.58. The molecule has 2 nitrogen and oxygen atoms in total. The van der Waals surface area contributed by atoms with Crippen molar-refractivity contribution in [2.45, 2.75) is 58.2 Å². The summed E-state index contributed by atoms with van der Waals surface area (Å²) in [5, 5.41) is 0. The highest BCUT2D eigenvalue weighted by molar-refractivity contribution is 6.90. The Balaban J connectivity index is 2.46. The molecule has 0 aliphatic rings. The lowest BCUT2D eigenvalue weighted by Gasteiger charge is -2.37. The van der Waals surface area contributed by atoms with Crippen molar-refractivity contribution < 1.29 is 0 Å². The first kappa shape index (κ1) is 15.8. The van der Waals surface area contributed by atoms with Gasteiger partial charge in [-0.2, -0.15) is 0 Å². The van der Waals surface area contributed by atoms with Crippen LogP contribution in [0.15, 0.2) is 24.3 Å². The molecule has 0 atom stereocenters. The lowest BCUT2D eigenvalue weighted by Crippen LogP contribution is -2.43. The third-order valence-electron chi connectivity index (χ3n) is 4.65. The average Bonchev–Trinajstić information content (AvgIpc) is 2.80. The van der Waals surface area contributed by atoms with E-state index in [0.717, 1.165) is 16.9 Å². The molecular formula is C18H26N2Si. The molecule has 21 heavy (non-hydrogen) atoms. The molecule has 2 aromatic rings. The Labute approximate surface area is 129 Å². The summed E-state index contributed by atoms with van der Waals surface area (Å²) in [7, 11) is -1.68. The molecule has 0 saturated heterocycles. The highest BCUT2D eigenvalue weighted by Crippen LogP contribution is 2.40. The number of aromatic amines is 1. The van der Waals surface area contributed by atoms with Gasteiger partial charge in [0.25, 0.3) is 0 Å². The van der Waals surface area contributed by atoms with Crippen LogP contribution in [-0.4, -0.2) is 18.0 Å². The average molecular weight is 299 g/mol. The Morgan fingerprint density at radius 1 is 0.952 bits per heavy atom. The largest absolute Gasteiger partial charge is 0.331 e. The molecule has 3 heteroatoms. The van der Waals surface area contributed by atoms with Crippen LogP contribution in [0.25, 0.3) is 11.0 Å². The van der Waals surface area contributed by atoms with Gasteiger partial charge in [-0.1, -0.05) is 53.7 Å². The topological polar surface area (TPSA) is 28.7 Å². The molecule has 0 fully saturated rings. The Hall–Kier alpha value is -1.53. The van der Waals surface area contributed by atoms with Gasteiger partial charge in [-0.3, -0.25) is 0 Å². The molecule has 0 bridgehead atoms. The number of hydrogen-bond donors (Lipinski definition) is 1. The lowest BCUT2D eigenvalue weighted by molar-refractivity contribution is 0.838. The number of fused-ring (bicyclic) bond motifs is 1. The van der Waals surface area contributed by atoms with E-state index in [1.807, 2.05) is 24.3 Å². The molecule has 0 aliphatic heterocycles. The molecule has 1 N–H and O–H groups in total. The fraction of sp³-hybridized carbons (Fsp3) is 0.500. The van der Waals surface area contributed by atoms with E-state index >= 15 is 0 Å². The fourth-order valence-corrected chi connectivity index (χ4v) is 8.81. The van der Waals surface area contributed by atoms with E-state index < -0.39 is 8.07 Å². The summed E-state index contributed by atoms with van der Waals surface area (Å²) in [5.41, 5.74) is 7.70. The van der Waals surface area contributed by atoms with Gasteiger partial charge < -0.3 is 4.98 Å². The van der Waals surface area contributed by atoms with E-state index in [0.29, 0.717) is 16.6 Å². The van der Waals surface area contributed by atoms with Crippen LogP contribution in [0, 0.1) is 11.5 Å². The van der Waals surface area contributed by atoms with E-state index in [1.165, 1.54) is 0 Å². The molecule has 112 valence electrons. The normalized spacial score (nSPS) is 12.2. The van der Waals surface area contributed by atoms with Gasteiger partial charge in [0, 0.05) is 0 Å². The van der Waals surface area contributed by atoms with Crippen molar-refractivity contribution in [1.82, 2.24) is 9.97 Å². The van der Waals surface area contributed by atoms with Crippen molar-refractivity contribution in [3.05, 3.63) is 30.1 Å². The molecular weight excluding hydrogens is 272 g/mol. The predicted molar refractivity (Wildman–Crippen MR) is 94.0 cm³/mol. The summed E-state index contributed by atoms with van der Waals surface area (Å²) in [5.74, 6) is 4.17. The maximum absolute atomic E-state index is 4.59. The van der Waals surface area contributed by atoms with E-state index in [1.54, 1.807) is 0 Å². The van der Waals surface area contributed by atoms with Crippen LogP contribution in [0.4, 0.5) is 0 Å². The van der Waals surface area contributed by atoms with E-state index in [2.05, 4.69) is 63.0 Å². The molecule has 1 aromatic heterocycles. The SMILES string of the molecule is CC(C)[Si](C#Cc1nc2ccccc2[nH]1)(C(C)C)C(C)C. The number of H-pyrrole nitrogens is 1. The van der Waals surface area contributed by atoms with Gasteiger partial charge in [-0.15, -0.1) is 5.54 Å². The zero-order valence-corrected chi connectivity index (χ0v) is 15.0. The van der Waals surface area contributed by atoms with Crippen LogP contribution in [0.5, 0.6) is 0 Å². The third-order valence-corrected chi connectivity index (χ3v) is 10.9. The molecule has 0 unspecified atom stereocenters. The maximum Gasteiger partial charge on any atom is 0.183 e. The summed E-state index contributed by atoms with van der Waals surface area (Å²) in [6, 6.07) is 8.10. The molecule has 1 aromatic carbocycles. The number of aromatic nitrogens is 2. The maximum atomic E-state index is 4.59. The standard InChI is InChI=1S/C18H26N2Si/c1-13(2)21(14(3)4,15(5)6)12-11-18-19-16-9-7-8-10-17(16)20-18/h7-10,13-15H,1-6H3,(H,19,20). The van der Waals surface area contributed by atoms with Crippen LogP contribution in [0.2, 0.25) is 16.6 Å². The molecule has 0 amide bonds. The molecule has 0 radical (unpaired) electrons. The summed E-state index contributed by atoms with van der Waals surface area (Å²) >= 11 is 0. The number of para-hydroxylation sites is 2. The van der Waals surface area contributed by atoms with Gasteiger partial charge in [-0.05, 0) is 34.7 Å². The van der Waals surface area contributed by atoms with Crippen LogP contribution >= 0.6 is 0 Å². The van der Waals surface area contributed by atoms with Crippen LogP contribution in [-0.2, 0) is 0 Å². The summed E-state index contributed by atoms with van der Waals surface area (Å²) in [4.78, 5) is 7.91. The zero-order chi connectivity index (χ0) is 15.6. The highest BCUT2D eigenvalue weighted by Gasteiger charge is 2.41. The minimum absolute atomic E-state index is 0.648. The number of benzene rings is 1. The van der Waals surface area contributed by atoms with E-state index in [9.17, 15) is 0 Å². The number of hydrogen-bond acceptors (Lipinski definition) is 1. The van der Waals surface area contributed by atoms with Gasteiger partial charge in [0.05, 0.1) is 11.0 Å². The first-order valence-electron chi connectivity index (χ1n) is 7.85. The van der Waals surface area contributed by atoms with Gasteiger partial charge in [0.15, 0.2) is 5.82 Å². The van der Waals surface area contributed by atoms with Crippen molar-refractivity contribution in [2.75, 3.05) is 0 Å². The van der Waals surface area contributed by atoms with Gasteiger partial charge in [0.2, 0.25) is 0 Å². The number of nitrogens with one attached hydrogen (secondary N) is 1. The van der Waals surface area contributed by atoms with Crippen LogP contribution in [0.3, 0.4) is 0 Å². The van der Waals surface area contributed by atoms with E-state index in [-0.39, 0.29) is 0 Å². The number of rotatable bonds is 3. The molecule has 2 rings (SSSR count). The van der Waals surface area contributed by atoms with Crippen LogP contribution in [0.1, 0.15) is 47.4 Å². The molecule has 1 heterocycles. The van der Waals surface area contributed by atoms with Crippen molar-refractivity contribution in [1.29, 1.82) is 0 Å². The quantitative estimate of drug-likeness (QED) is 0.617. The molecule has 0 aliphatic carbocycles. The second kappa shape index (κ2) is 6.07. The van der Waals surface area contributed by atoms with Crippen molar-refractivity contribution in [2.24, 2.45) is 0 Å². The minimum Gasteiger partial charge on any atom is -0.331 e. The third kappa shape index (κ3) is 2.91. The second-order valence-electron chi connectivity index (χ2n) is 6.75. The molecule has 0 spiro atoms. The number of imidazole rings is 1. The minimum atomic E-state index is -1.68. The first-order valence-corrected chi connectivity index (χ1v) is 10.1. The summed E-state index contributed by atoms with van der Waals surface area (Å²) in [6.07, 6.45) is 0. The van der Waals surface area contributed by atoms with Gasteiger partial charge in [-0.25, -0.2) is 4.98 Å². The highest BCUT2D eigenvalue weighted by atomic mass is 28.3. The fourth-order valence-electron chi connectivity index (χ4n) is 3.61. The molecule has 0 saturated carbocycles. The summed E-state index contributed by atoms with van der Waals surface area (Å²) in [6.45, 7) is 14.0. The summed E-state index contributed by atoms with van der Waals surface area (Å²) < 4.78 is 0. The van der Waals surface area contributed by atoms with Crippen molar-refractivity contribution in [3.63, 3.8) is 0 Å². The predicted octanol–water partition coefficient (Wildman–Crippen LogP) is 5.13. The van der Waals surface area contributed by atoms with Gasteiger partial charge >= 0.3 is 0 Å². The van der Waals surface area contributed by atoms with Crippen molar-refractivity contribution in [3.8, 4) is 11.5 Å². The van der Waals surface area contributed by atoms with Crippen LogP contribution < -0.4 is 0 Å². The zero-order valence-electron chi connectivity index (χ0n) is 14.0. The lowest BCUT2D eigenvalue weighted by atomic mass is 10.3. The number of nitrogens with zero attached hydrogens (tertiary/aromatic N) is 1.